The number of nitrogens with two attached hydrogens (primary N) is 2. The number of rotatable bonds is 18. The zero-order valence-corrected chi connectivity index (χ0v) is 67.1. The number of hydrogen-bond donors (Lipinski definition) is 5. The molecule has 3 atom stereocenters. The summed E-state index contributed by atoms with van der Waals surface area (Å²) in [6, 6.07) is 29.0. The third-order valence-corrected chi connectivity index (χ3v) is 18.4. The minimum absolute atomic E-state index is 0. The second-order valence-electron chi connectivity index (χ2n) is 24.3. The summed E-state index contributed by atoms with van der Waals surface area (Å²) < 4.78 is 9.86. The van der Waals surface area contributed by atoms with Gasteiger partial charge in [0.25, 0.3) is 0 Å². The van der Waals surface area contributed by atoms with Gasteiger partial charge in [-0.05, 0) is 225 Å². The number of alkyl carbamates (subject to hydrolysis) is 1. The third kappa shape index (κ3) is 33.1. The number of Topliss-reactive ketones (excluding diaryl/α,β-unsaturated/α-hetero) is 6. The van der Waals surface area contributed by atoms with Gasteiger partial charge in [-0.2, -0.15) is 0 Å². The summed E-state index contributed by atoms with van der Waals surface area (Å²) in [5, 5.41) is 21.3. The van der Waals surface area contributed by atoms with E-state index in [0.29, 0.717) is 53.8 Å². The van der Waals surface area contributed by atoms with E-state index in [1.54, 1.807) is 58.5 Å². The van der Waals surface area contributed by atoms with Crippen LogP contribution >= 0.6 is 127 Å². The number of ketones is 6. The fourth-order valence-corrected chi connectivity index (χ4v) is 14.6. The molecule has 95 heavy (non-hydrogen) atoms. The van der Waals surface area contributed by atoms with Gasteiger partial charge < -0.3 is 21.3 Å². The Morgan fingerprint density at radius 2 is 0.989 bits per heavy atom. The lowest BCUT2D eigenvalue weighted by Crippen LogP contribution is -2.38. The molecule has 0 aliphatic carbocycles. The van der Waals surface area contributed by atoms with Crippen LogP contribution in [0.3, 0.4) is 0 Å². The van der Waals surface area contributed by atoms with E-state index in [2.05, 4.69) is 116 Å². The minimum atomic E-state index is -1.07. The number of aliphatic hydroxyl groups is 1. The molecule has 514 valence electrons. The van der Waals surface area contributed by atoms with Crippen molar-refractivity contribution < 1.29 is 43.4 Å². The van der Waals surface area contributed by atoms with Crippen molar-refractivity contribution in [1.82, 2.24) is 5.32 Å². The molecule has 5 aromatic carbocycles. The van der Waals surface area contributed by atoms with Gasteiger partial charge in [-0.15, -0.1) is 12.4 Å². The largest absolute Gasteiger partial charge is 0.444 e. The minimum Gasteiger partial charge on any atom is -0.444 e. The molecule has 0 aromatic heterocycles. The predicted molar refractivity (Wildman–Crippen MR) is 415 cm³/mol. The number of ether oxygens (including phenoxy) is 1. The molecule has 2 aliphatic rings. The zero-order chi connectivity index (χ0) is 71.1. The molecule has 0 spiro atoms. The lowest BCUT2D eigenvalue weighted by atomic mass is 9.88. The lowest BCUT2D eigenvalue weighted by molar-refractivity contribution is -0.117. The number of carbonyl (C=O) groups is 7. The number of aliphatic imine (C=N–C) groups is 2. The maximum absolute atomic E-state index is 12.0. The van der Waals surface area contributed by atoms with E-state index >= 15 is 0 Å². The highest BCUT2D eigenvalue weighted by atomic mass is 79.9. The fourth-order valence-electron chi connectivity index (χ4n) is 9.25. The second kappa shape index (κ2) is 40.3. The van der Waals surface area contributed by atoms with Gasteiger partial charge in [0.2, 0.25) is 0 Å². The Labute approximate surface area is 621 Å². The molecule has 0 saturated carbocycles. The maximum atomic E-state index is 12.0. The Balaban J connectivity index is 0.000000410. The van der Waals surface area contributed by atoms with Crippen LogP contribution in [0.5, 0.6) is 0 Å². The molecule has 0 bridgehead atoms. The summed E-state index contributed by atoms with van der Waals surface area (Å²) in [6.07, 6.45) is 6.85. The van der Waals surface area contributed by atoms with Crippen molar-refractivity contribution in [3.63, 3.8) is 0 Å². The first-order valence-corrected chi connectivity index (χ1v) is 36.7. The molecule has 0 saturated heterocycles. The second-order valence-corrected chi connectivity index (χ2v) is 32.2. The summed E-state index contributed by atoms with van der Waals surface area (Å²) in [7, 11) is 0. The first kappa shape index (κ1) is 86.3. The van der Waals surface area contributed by atoms with Crippen LogP contribution in [0, 0.1) is 5.41 Å². The Morgan fingerprint density at radius 3 is 1.39 bits per heavy atom. The van der Waals surface area contributed by atoms with Crippen molar-refractivity contribution in [3.05, 3.63) is 188 Å². The number of nitrogens with zero attached hydrogens (tertiary/aromatic N) is 2. The summed E-state index contributed by atoms with van der Waals surface area (Å²) in [4.78, 5) is 88.4. The number of thioether (sulfide) groups is 3. The average molecular weight is 1700 g/mol. The smallest absolute Gasteiger partial charge is 0.413 e. The van der Waals surface area contributed by atoms with Crippen molar-refractivity contribution in [2.45, 2.75) is 157 Å². The Kier molecular flexibility index (Phi) is 36.6. The summed E-state index contributed by atoms with van der Waals surface area (Å²) >= 11 is 21.6. The van der Waals surface area contributed by atoms with Crippen LogP contribution in [0.4, 0.5) is 4.79 Å². The monoisotopic (exact) mass is 1690 g/mol. The number of hydrogen-bond acceptors (Lipinski definition) is 16. The first-order valence-electron chi connectivity index (χ1n) is 29.8. The first-order chi connectivity index (χ1) is 43.6. The lowest BCUT2D eigenvalue weighted by Gasteiger charge is -2.31. The molecule has 2 aliphatic heterocycles. The van der Waals surface area contributed by atoms with Crippen LogP contribution in [0.1, 0.15) is 163 Å². The summed E-state index contributed by atoms with van der Waals surface area (Å²) in [5.74, 6) is 3.12. The van der Waals surface area contributed by atoms with Gasteiger partial charge >= 0.3 is 6.09 Å². The molecule has 7 N–H and O–H groups in total. The van der Waals surface area contributed by atoms with Crippen molar-refractivity contribution in [2.24, 2.45) is 21.5 Å². The topological polar surface area (TPSA) is 262 Å². The van der Waals surface area contributed by atoms with Crippen LogP contribution in [-0.2, 0) is 77.5 Å². The van der Waals surface area contributed by atoms with E-state index in [0.717, 1.165) is 102 Å². The van der Waals surface area contributed by atoms with Crippen molar-refractivity contribution in [2.75, 3.05) is 17.3 Å². The highest BCUT2D eigenvalue weighted by molar-refractivity contribution is 9.11. The molecule has 1 amide bonds. The van der Waals surface area contributed by atoms with Gasteiger partial charge in [0.1, 0.15) is 40.1 Å². The molecule has 5 aromatic rings. The van der Waals surface area contributed by atoms with E-state index in [4.69, 9.17) is 26.6 Å². The third-order valence-electron chi connectivity index (χ3n) is 13.7. The van der Waals surface area contributed by atoms with Gasteiger partial charge in [-0.3, -0.25) is 49.5 Å². The summed E-state index contributed by atoms with van der Waals surface area (Å²) in [5.41, 5.74) is 19.2. The number of amidine groups is 3. The molecular formula is C71H86Br5ClN6O9S3. The van der Waals surface area contributed by atoms with Crippen molar-refractivity contribution >= 4 is 189 Å². The number of halogens is 6. The van der Waals surface area contributed by atoms with Gasteiger partial charge in [0.15, 0.2) is 21.3 Å². The van der Waals surface area contributed by atoms with Crippen LogP contribution in [-0.4, -0.2) is 84.3 Å². The predicted octanol–water partition coefficient (Wildman–Crippen LogP) is 17.9. The molecule has 2 heterocycles. The normalized spacial score (nSPS) is 16.3. The van der Waals surface area contributed by atoms with Crippen LogP contribution < -0.4 is 16.8 Å². The molecule has 7 rings (SSSR count). The van der Waals surface area contributed by atoms with E-state index in [9.17, 15) is 38.7 Å². The average Bonchev–Trinajstić information content (AvgIpc) is 0.806. The Hall–Kier alpha value is -4.82. The Morgan fingerprint density at radius 1 is 0.611 bits per heavy atom. The number of nitrogens with one attached hydrogen (secondary N) is 2. The summed E-state index contributed by atoms with van der Waals surface area (Å²) in [6.45, 7) is 26.3. The SMILES string of the molecule is C=CC(C)(O)c1cc(Br)cc(CC(C)=O)c1.CC(=O)Cc1cc(Br)cc(/C(C)=C/CSC(=N)N)c1.CC(=O)Cc1cc(Br)cc(C(C)=O)c1.CC(=O)Cc1cc(Br)cc(C2(C)CCSC(N)=N2)c1.CC(=O)Cc1cc(Br)cc(C2(C)CCSC(NC(=O)OC(C)(C)C)=N2)c1.Cl. The molecule has 0 radical (unpaired) electrons. The number of carbonyl (C=O) groups excluding carboxylic acids is 7. The van der Waals surface area contributed by atoms with Crippen LogP contribution in [0.15, 0.2) is 142 Å². The van der Waals surface area contributed by atoms with E-state index < -0.39 is 22.8 Å². The molecule has 15 nitrogen and oxygen atoms in total. The zero-order valence-electron chi connectivity index (χ0n) is 55.9. The van der Waals surface area contributed by atoms with E-state index in [1.165, 1.54) is 43.4 Å². The molecule has 3 unspecified atom stereocenters. The molecule has 24 heteroatoms. The highest BCUT2D eigenvalue weighted by Crippen LogP contribution is 2.39. The van der Waals surface area contributed by atoms with Gasteiger partial charge in [0, 0.05) is 77.3 Å². The maximum Gasteiger partial charge on any atom is 0.413 e. The van der Waals surface area contributed by atoms with Gasteiger partial charge in [0.05, 0.1) is 11.1 Å². The van der Waals surface area contributed by atoms with Crippen LogP contribution in [0.25, 0.3) is 5.57 Å². The number of benzene rings is 5. The van der Waals surface area contributed by atoms with Crippen LogP contribution in [0.2, 0.25) is 0 Å². The molecule has 0 fully saturated rings. The quantitative estimate of drug-likeness (QED) is 0.0237. The van der Waals surface area contributed by atoms with Gasteiger partial charge in [-0.25, -0.2) is 4.79 Å². The number of amides is 1. The van der Waals surface area contributed by atoms with E-state index in [1.807, 2.05) is 107 Å². The fraction of sp³-hybridized carbons (Fsp3) is 0.380. The molecular weight excluding hydrogens is 1610 g/mol. The standard InChI is InChI=1S/C19H25BrN2O3S.2C14H17BrN2OS.C13H15BrO2.C11H11BrO2.ClH/c1-12(23)8-13-9-14(11-15(20)10-13)19(5)6-7-26-16(22-19)21-17(24)25-18(2,3)4;1-9(18)5-10-6-11(8-12(15)7-10)14(2)3-4-19-13(16)17-14;1-9(3-4-19-14(16)17)12-6-11(5-10(2)18)7-13(15)8-12;1-4-13(3,16)11-6-10(5-9(2)15)7-12(14)8-11;1-7(13)3-9-4-10(8(2)14)6-11(12)5-9;/h9-11H,6-8H2,1-5H3,(H,21,22,24);6-8H,3-5H2,1-2H3,(H2,16,17);3,6-8H,4-5H2,1-2H3,(H3,16,17);4,6-8,16H,1,5H2,2-3H3;4-6H,3H2,1-2H3;1H/b;;9-3+;;;. The van der Waals surface area contributed by atoms with Crippen molar-refractivity contribution in [1.29, 1.82) is 5.41 Å². The van der Waals surface area contributed by atoms with E-state index in [-0.39, 0.29) is 57.8 Å². The van der Waals surface area contributed by atoms with Crippen molar-refractivity contribution in [3.8, 4) is 0 Å². The highest BCUT2D eigenvalue weighted by Gasteiger charge is 2.33. The Bertz CT molecular complexity index is 3730. The van der Waals surface area contributed by atoms with Gasteiger partial charge in [-0.1, -0.05) is 158 Å². The number of allylic oxidation sites excluding steroid dienone is 1.